The van der Waals surface area contributed by atoms with E-state index in [-0.39, 0.29) is 0 Å². The van der Waals surface area contributed by atoms with Crippen LogP contribution in [0.4, 0.5) is 5.69 Å². The maximum absolute atomic E-state index is 5.44. The van der Waals surface area contributed by atoms with E-state index in [4.69, 9.17) is 15.2 Å². The summed E-state index contributed by atoms with van der Waals surface area (Å²) in [5, 5.41) is 3.35. The first-order chi connectivity index (χ1) is 8.31. The van der Waals surface area contributed by atoms with Crippen LogP contribution in [-0.2, 0) is 0 Å². The third-order valence-electron chi connectivity index (χ3n) is 2.59. The summed E-state index contributed by atoms with van der Waals surface area (Å²) in [5.41, 5.74) is 6.49. The molecule has 0 amide bonds. The van der Waals surface area contributed by atoms with Gasteiger partial charge in [-0.05, 0) is 31.5 Å². The summed E-state index contributed by atoms with van der Waals surface area (Å²) in [5.74, 6) is 1.50. The molecule has 1 rings (SSSR count). The molecule has 0 saturated carbocycles. The second-order valence-electron chi connectivity index (χ2n) is 3.85. The van der Waals surface area contributed by atoms with Crippen molar-refractivity contribution in [1.29, 1.82) is 0 Å². The zero-order valence-corrected chi connectivity index (χ0v) is 10.7. The van der Waals surface area contributed by atoms with Crippen molar-refractivity contribution in [2.75, 3.05) is 32.6 Å². The van der Waals surface area contributed by atoms with Crippen molar-refractivity contribution in [2.24, 2.45) is 5.73 Å². The number of hydrogen-bond donors (Lipinski definition) is 2. The summed E-state index contributed by atoms with van der Waals surface area (Å²) in [7, 11) is 3.28. The highest BCUT2D eigenvalue weighted by atomic mass is 16.5. The Hall–Kier alpha value is -1.42. The molecule has 4 nitrogen and oxygen atoms in total. The molecule has 96 valence electrons. The van der Waals surface area contributed by atoms with Gasteiger partial charge in [0.25, 0.3) is 0 Å². The van der Waals surface area contributed by atoms with E-state index in [0.717, 1.165) is 49.5 Å². The predicted molar refractivity (Wildman–Crippen MR) is 70.9 cm³/mol. The average molecular weight is 238 g/mol. The van der Waals surface area contributed by atoms with E-state index in [1.54, 1.807) is 14.2 Å². The van der Waals surface area contributed by atoms with Crippen LogP contribution in [0.2, 0.25) is 0 Å². The van der Waals surface area contributed by atoms with Crippen molar-refractivity contribution in [2.45, 2.75) is 19.3 Å². The number of nitrogens with one attached hydrogen (secondary N) is 1. The molecule has 0 aliphatic heterocycles. The fourth-order valence-electron chi connectivity index (χ4n) is 1.63. The highest BCUT2D eigenvalue weighted by molar-refractivity contribution is 5.54. The average Bonchev–Trinajstić information content (AvgIpc) is 2.38. The minimum atomic E-state index is 0.749. The maximum Gasteiger partial charge on any atom is 0.162 e. The number of nitrogens with two attached hydrogens (primary N) is 1. The lowest BCUT2D eigenvalue weighted by atomic mass is 10.2. The maximum atomic E-state index is 5.44. The van der Waals surface area contributed by atoms with E-state index in [0.29, 0.717) is 0 Å². The zero-order valence-electron chi connectivity index (χ0n) is 10.7. The Labute approximate surface area is 103 Å². The fraction of sp³-hybridized carbons (Fsp3) is 0.538. The highest BCUT2D eigenvalue weighted by Gasteiger charge is 2.03. The first-order valence-electron chi connectivity index (χ1n) is 5.97. The summed E-state index contributed by atoms with van der Waals surface area (Å²) in [4.78, 5) is 0. The van der Waals surface area contributed by atoms with Gasteiger partial charge in [0.2, 0.25) is 0 Å². The van der Waals surface area contributed by atoms with E-state index in [2.05, 4.69) is 5.32 Å². The third kappa shape index (κ3) is 4.53. The second kappa shape index (κ2) is 7.79. The quantitative estimate of drug-likeness (QED) is 0.682. The molecule has 0 aromatic heterocycles. The van der Waals surface area contributed by atoms with Gasteiger partial charge in [-0.15, -0.1) is 0 Å². The van der Waals surface area contributed by atoms with Crippen LogP contribution in [0.1, 0.15) is 19.3 Å². The number of rotatable bonds is 8. The van der Waals surface area contributed by atoms with Gasteiger partial charge in [-0.1, -0.05) is 6.42 Å². The van der Waals surface area contributed by atoms with E-state index in [1.165, 1.54) is 0 Å². The number of methoxy groups -OCH3 is 2. The zero-order chi connectivity index (χ0) is 12.5. The molecule has 0 fully saturated rings. The summed E-state index contributed by atoms with van der Waals surface area (Å²) < 4.78 is 10.4. The predicted octanol–water partition coefficient (Wildman–Crippen LogP) is 2.24. The van der Waals surface area contributed by atoms with Crippen molar-refractivity contribution in [3.63, 3.8) is 0 Å². The van der Waals surface area contributed by atoms with Crippen molar-refractivity contribution >= 4 is 5.69 Å². The van der Waals surface area contributed by atoms with Gasteiger partial charge in [0.05, 0.1) is 14.2 Å². The highest BCUT2D eigenvalue weighted by Crippen LogP contribution is 2.29. The lowest BCUT2D eigenvalue weighted by molar-refractivity contribution is 0.355. The molecule has 4 heteroatoms. The molecule has 0 aliphatic carbocycles. The Morgan fingerprint density at radius 3 is 2.47 bits per heavy atom. The molecule has 17 heavy (non-hydrogen) atoms. The third-order valence-corrected chi connectivity index (χ3v) is 2.59. The van der Waals surface area contributed by atoms with Gasteiger partial charge in [0, 0.05) is 18.3 Å². The Morgan fingerprint density at radius 1 is 1.06 bits per heavy atom. The van der Waals surface area contributed by atoms with Crippen LogP contribution < -0.4 is 20.5 Å². The molecular formula is C13H22N2O2. The van der Waals surface area contributed by atoms with E-state index in [1.807, 2.05) is 18.2 Å². The molecule has 0 saturated heterocycles. The summed E-state index contributed by atoms with van der Waals surface area (Å²) in [6.07, 6.45) is 3.38. The van der Waals surface area contributed by atoms with E-state index in [9.17, 15) is 0 Å². The first-order valence-corrected chi connectivity index (χ1v) is 5.97. The number of benzene rings is 1. The van der Waals surface area contributed by atoms with Gasteiger partial charge >= 0.3 is 0 Å². The largest absolute Gasteiger partial charge is 0.493 e. The standard InChI is InChI=1S/C13H22N2O2/c1-16-12-7-6-11(10-13(12)17-2)15-9-5-3-4-8-14/h6-7,10,15H,3-5,8-9,14H2,1-2H3. The molecule has 0 aliphatic rings. The van der Waals surface area contributed by atoms with Gasteiger partial charge in [0.15, 0.2) is 11.5 Å². The number of hydrogen-bond acceptors (Lipinski definition) is 4. The second-order valence-corrected chi connectivity index (χ2v) is 3.85. The number of anilines is 1. The minimum absolute atomic E-state index is 0.749. The SMILES string of the molecule is COc1ccc(NCCCCCN)cc1OC. The van der Waals surface area contributed by atoms with Gasteiger partial charge in [-0.25, -0.2) is 0 Å². The molecule has 0 heterocycles. The van der Waals surface area contributed by atoms with E-state index >= 15 is 0 Å². The van der Waals surface area contributed by atoms with Crippen molar-refractivity contribution in [3.05, 3.63) is 18.2 Å². The van der Waals surface area contributed by atoms with Crippen LogP contribution in [-0.4, -0.2) is 27.3 Å². The number of unbranched alkanes of at least 4 members (excludes halogenated alkanes) is 2. The summed E-state index contributed by atoms with van der Waals surface area (Å²) >= 11 is 0. The van der Waals surface area contributed by atoms with Crippen molar-refractivity contribution < 1.29 is 9.47 Å². The molecule has 3 N–H and O–H groups in total. The summed E-state index contributed by atoms with van der Waals surface area (Å²) in [6.45, 7) is 1.73. The Kier molecular flexibility index (Phi) is 6.25. The minimum Gasteiger partial charge on any atom is -0.493 e. The molecule has 0 atom stereocenters. The number of ether oxygens (including phenoxy) is 2. The lowest BCUT2D eigenvalue weighted by Crippen LogP contribution is -2.04. The van der Waals surface area contributed by atoms with Gasteiger partial charge in [0.1, 0.15) is 0 Å². The van der Waals surface area contributed by atoms with Crippen LogP contribution in [0.5, 0.6) is 11.5 Å². The smallest absolute Gasteiger partial charge is 0.162 e. The van der Waals surface area contributed by atoms with Gasteiger partial charge < -0.3 is 20.5 Å². The topological polar surface area (TPSA) is 56.5 Å². The van der Waals surface area contributed by atoms with Crippen LogP contribution in [0.25, 0.3) is 0 Å². The Balaban J connectivity index is 2.43. The lowest BCUT2D eigenvalue weighted by Gasteiger charge is -2.11. The van der Waals surface area contributed by atoms with Crippen molar-refractivity contribution in [3.8, 4) is 11.5 Å². The van der Waals surface area contributed by atoms with E-state index < -0.39 is 0 Å². The van der Waals surface area contributed by atoms with Crippen LogP contribution in [0, 0.1) is 0 Å². The Bertz CT molecular complexity index is 329. The Morgan fingerprint density at radius 2 is 1.82 bits per heavy atom. The van der Waals surface area contributed by atoms with Gasteiger partial charge in [-0.3, -0.25) is 0 Å². The first kappa shape index (κ1) is 13.6. The monoisotopic (exact) mass is 238 g/mol. The fourth-order valence-corrected chi connectivity index (χ4v) is 1.63. The normalized spacial score (nSPS) is 10.1. The van der Waals surface area contributed by atoms with Gasteiger partial charge in [-0.2, -0.15) is 0 Å². The molecule has 0 radical (unpaired) electrons. The molecule has 1 aromatic carbocycles. The van der Waals surface area contributed by atoms with Crippen molar-refractivity contribution in [1.82, 2.24) is 0 Å². The van der Waals surface area contributed by atoms with Crippen LogP contribution >= 0.6 is 0 Å². The molecule has 0 unspecified atom stereocenters. The molecular weight excluding hydrogens is 216 g/mol. The molecule has 0 spiro atoms. The van der Waals surface area contributed by atoms with Crippen LogP contribution in [0.15, 0.2) is 18.2 Å². The summed E-state index contributed by atoms with van der Waals surface area (Å²) in [6, 6.07) is 5.84. The van der Waals surface area contributed by atoms with Crippen LogP contribution in [0.3, 0.4) is 0 Å². The molecule has 1 aromatic rings. The molecule has 0 bridgehead atoms.